The highest BCUT2D eigenvalue weighted by Crippen LogP contribution is 2.47. The number of amides is 1. The molecule has 0 heterocycles. The van der Waals surface area contributed by atoms with Crippen LogP contribution in [-0.4, -0.2) is 31.1 Å². The van der Waals surface area contributed by atoms with Gasteiger partial charge in [0.15, 0.2) is 0 Å². The Morgan fingerprint density at radius 1 is 1.32 bits per heavy atom. The smallest absolute Gasteiger partial charge is 0.307 e. The average Bonchev–Trinajstić information content (AvgIpc) is 2.89. The highest BCUT2D eigenvalue weighted by atomic mass is 35.5. The molecule has 3 N–H and O–H groups in total. The summed E-state index contributed by atoms with van der Waals surface area (Å²) >= 11 is 0. The van der Waals surface area contributed by atoms with Gasteiger partial charge in [-0.15, -0.1) is 12.4 Å². The van der Waals surface area contributed by atoms with Crippen molar-refractivity contribution in [3.63, 3.8) is 0 Å². The second-order valence-corrected chi connectivity index (χ2v) is 5.28. The molecule has 19 heavy (non-hydrogen) atoms. The van der Waals surface area contributed by atoms with Crippen LogP contribution in [0.15, 0.2) is 0 Å². The second-order valence-electron chi connectivity index (χ2n) is 5.28. The van der Waals surface area contributed by atoms with Gasteiger partial charge in [0, 0.05) is 12.6 Å². The van der Waals surface area contributed by atoms with Crippen molar-refractivity contribution in [1.82, 2.24) is 5.32 Å². The monoisotopic (exact) mass is 290 g/mol. The minimum Gasteiger partial charge on any atom is -0.466 e. The minimum atomic E-state index is -0.268. The first-order valence-corrected chi connectivity index (χ1v) is 6.82. The van der Waals surface area contributed by atoms with Crippen LogP contribution in [-0.2, 0) is 14.3 Å². The fourth-order valence-electron chi connectivity index (χ4n) is 3.36. The highest BCUT2D eigenvalue weighted by molar-refractivity contribution is 5.85. The summed E-state index contributed by atoms with van der Waals surface area (Å²) in [6.07, 6.45) is 3.61. The van der Waals surface area contributed by atoms with Crippen LogP contribution in [0.2, 0.25) is 0 Å². The van der Waals surface area contributed by atoms with E-state index in [1.54, 1.807) is 6.92 Å². The number of ether oxygens (including phenoxy) is 1. The van der Waals surface area contributed by atoms with Crippen LogP contribution in [0.1, 0.15) is 32.6 Å². The van der Waals surface area contributed by atoms with Crippen molar-refractivity contribution < 1.29 is 14.3 Å². The van der Waals surface area contributed by atoms with Crippen LogP contribution in [0.5, 0.6) is 0 Å². The lowest BCUT2D eigenvalue weighted by atomic mass is 9.84. The van der Waals surface area contributed by atoms with Gasteiger partial charge in [-0.1, -0.05) is 0 Å². The molecule has 2 saturated carbocycles. The van der Waals surface area contributed by atoms with Crippen molar-refractivity contribution in [3.8, 4) is 0 Å². The fourth-order valence-corrected chi connectivity index (χ4v) is 3.36. The lowest BCUT2D eigenvalue weighted by Gasteiger charge is -2.26. The lowest BCUT2D eigenvalue weighted by Crippen LogP contribution is -2.45. The van der Waals surface area contributed by atoms with E-state index in [9.17, 15) is 9.59 Å². The number of halogens is 1. The largest absolute Gasteiger partial charge is 0.466 e. The standard InChI is InChI=1S/C13H22N2O3.ClH/c1-2-18-10(16)5-6-15-13(17)11-8-3-4-9(7-8)12(11)14;/h8-9,11-12H,2-7,14H2,1H3,(H,15,17);1H. The Bertz CT molecular complexity index is 336. The molecule has 4 unspecified atom stereocenters. The molecule has 2 aliphatic rings. The topological polar surface area (TPSA) is 81.4 Å². The summed E-state index contributed by atoms with van der Waals surface area (Å²) in [5.74, 6) is 0.670. The first-order chi connectivity index (χ1) is 8.63. The summed E-state index contributed by atoms with van der Waals surface area (Å²) in [5, 5.41) is 2.81. The summed E-state index contributed by atoms with van der Waals surface area (Å²) in [5.41, 5.74) is 6.09. The normalized spacial score (nSPS) is 31.7. The number of carbonyl (C=O) groups excluding carboxylic acids is 2. The molecule has 5 nitrogen and oxygen atoms in total. The number of esters is 1. The summed E-state index contributed by atoms with van der Waals surface area (Å²) < 4.78 is 4.80. The van der Waals surface area contributed by atoms with Gasteiger partial charge in [0.25, 0.3) is 0 Å². The van der Waals surface area contributed by atoms with Gasteiger partial charge in [0.2, 0.25) is 5.91 Å². The molecule has 0 aliphatic heterocycles. The Balaban J connectivity index is 0.00000180. The minimum absolute atomic E-state index is 0. The van der Waals surface area contributed by atoms with E-state index in [4.69, 9.17) is 10.5 Å². The van der Waals surface area contributed by atoms with Gasteiger partial charge < -0.3 is 15.8 Å². The van der Waals surface area contributed by atoms with Crippen LogP contribution < -0.4 is 11.1 Å². The van der Waals surface area contributed by atoms with Crippen molar-refractivity contribution in [2.75, 3.05) is 13.2 Å². The fraction of sp³-hybridized carbons (Fsp3) is 0.846. The van der Waals surface area contributed by atoms with Crippen molar-refractivity contribution >= 4 is 24.3 Å². The third-order valence-corrected chi connectivity index (χ3v) is 4.22. The Morgan fingerprint density at radius 3 is 2.58 bits per heavy atom. The SMILES string of the molecule is CCOC(=O)CCNC(=O)C1C2CCC(C2)C1N.Cl. The number of hydrogen-bond donors (Lipinski definition) is 2. The Labute approximate surface area is 120 Å². The molecule has 0 aromatic rings. The van der Waals surface area contributed by atoms with E-state index in [2.05, 4.69) is 5.32 Å². The van der Waals surface area contributed by atoms with Crippen molar-refractivity contribution in [2.24, 2.45) is 23.5 Å². The van der Waals surface area contributed by atoms with Gasteiger partial charge in [-0.3, -0.25) is 9.59 Å². The molecule has 0 saturated heterocycles. The van der Waals surface area contributed by atoms with Gasteiger partial charge in [-0.05, 0) is 38.0 Å². The molecule has 6 heteroatoms. The third kappa shape index (κ3) is 3.60. The molecule has 2 bridgehead atoms. The predicted molar refractivity (Wildman–Crippen MR) is 73.8 cm³/mol. The van der Waals surface area contributed by atoms with Gasteiger partial charge >= 0.3 is 5.97 Å². The molecule has 0 radical (unpaired) electrons. The molecule has 0 aromatic heterocycles. The molecule has 4 atom stereocenters. The molecule has 2 fully saturated rings. The zero-order valence-corrected chi connectivity index (χ0v) is 12.1. The van der Waals surface area contributed by atoms with Gasteiger partial charge in [-0.25, -0.2) is 0 Å². The summed E-state index contributed by atoms with van der Waals surface area (Å²) in [6, 6.07) is 0.00587. The molecule has 2 rings (SSSR count). The zero-order valence-electron chi connectivity index (χ0n) is 11.3. The maximum Gasteiger partial charge on any atom is 0.307 e. The van der Waals surface area contributed by atoms with Crippen LogP contribution in [0.3, 0.4) is 0 Å². The van der Waals surface area contributed by atoms with E-state index in [0.29, 0.717) is 25.0 Å². The van der Waals surface area contributed by atoms with E-state index >= 15 is 0 Å². The molecule has 2 aliphatic carbocycles. The van der Waals surface area contributed by atoms with E-state index in [1.165, 1.54) is 6.42 Å². The Kier molecular flexibility index (Phi) is 6.07. The number of rotatable bonds is 5. The maximum atomic E-state index is 12.0. The van der Waals surface area contributed by atoms with Crippen molar-refractivity contribution in [2.45, 2.75) is 38.6 Å². The third-order valence-electron chi connectivity index (χ3n) is 4.22. The first-order valence-electron chi connectivity index (χ1n) is 6.82. The number of nitrogens with one attached hydrogen (secondary N) is 1. The summed E-state index contributed by atoms with van der Waals surface area (Å²) in [7, 11) is 0. The average molecular weight is 291 g/mol. The van der Waals surface area contributed by atoms with Gasteiger partial charge in [-0.2, -0.15) is 0 Å². The van der Waals surface area contributed by atoms with Crippen molar-refractivity contribution in [1.29, 1.82) is 0 Å². The zero-order chi connectivity index (χ0) is 13.1. The molecule has 0 spiro atoms. The van der Waals surface area contributed by atoms with Gasteiger partial charge in [0.1, 0.15) is 0 Å². The van der Waals surface area contributed by atoms with Crippen LogP contribution in [0.25, 0.3) is 0 Å². The van der Waals surface area contributed by atoms with E-state index in [1.807, 2.05) is 0 Å². The van der Waals surface area contributed by atoms with Gasteiger partial charge in [0.05, 0.1) is 18.9 Å². The molecule has 110 valence electrons. The number of nitrogens with two attached hydrogens (primary N) is 1. The van der Waals surface area contributed by atoms with Crippen molar-refractivity contribution in [3.05, 3.63) is 0 Å². The van der Waals surface area contributed by atoms with Crippen LogP contribution >= 0.6 is 12.4 Å². The maximum absolute atomic E-state index is 12.0. The summed E-state index contributed by atoms with van der Waals surface area (Å²) in [4.78, 5) is 23.2. The Hall–Kier alpha value is -0.810. The highest BCUT2D eigenvalue weighted by Gasteiger charge is 2.48. The van der Waals surface area contributed by atoms with E-state index in [-0.39, 0.29) is 42.7 Å². The Morgan fingerprint density at radius 2 is 2.00 bits per heavy atom. The predicted octanol–water partition coefficient (Wildman–Crippen LogP) is 0.851. The van der Waals surface area contributed by atoms with E-state index < -0.39 is 0 Å². The molecular weight excluding hydrogens is 268 g/mol. The summed E-state index contributed by atoms with van der Waals surface area (Å²) in [6.45, 7) is 2.49. The molecule has 1 amide bonds. The number of fused-ring (bicyclic) bond motifs is 2. The first kappa shape index (κ1) is 16.2. The molecule has 0 aromatic carbocycles. The van der Waals surface area contributed by atoms with E-state index in [0.717, 1.165) is 12.8 Å². The second kappa shape index (κ2) is 7.10. The van der Waals surface area contributed by atoms with Crippen LogP contribution in [0.4, 0.5) is 0 Å². The number of hydrogen-bond acceptors (Lipinski definition) is 4. The number of carbonyl (C=O) groups is 2. The molecular formula is C13H23ClN2O3. The lowest BCUT2D eigenvalue weighted by molar-refractivity contribution is -0.143. The van der Waals surface area contributed by atoms with Crippen LogP contribution in [0, 0.1) is 17.8 Å². The quantitative estimate of drug-likeness (QED) is 0.736.